The van der Waals surface area contributed by atoms with Crippen LogP contribution in [-0.2, 0) is 32.7 Å². The number of hydrogen-bond acceptors (Lipinski definition) is 6. The number of rotatable bonds is 5. The Morgan fingerprint density at radius 1 is 1.19 bits per heavy atom. The maximum atomic E-state index is 13.2. The molecule has 2 heterocycles. The van der Waals surface area contributed by atoms with Crippen molar-refractivity contribution in [3.63, 3.8) is 0 Å². The van der Waals surface area contributed by atoms with Crippen LogP contribution >= 0.6 is 0 Å². The van der Waals surface area contributed by atoms with Crippen molar-refractivity contribution in [2.24, 2.45) is 7.05 Å². The quantitative estimate of drug-likeness (QED) is 0.730. The van der Waals surface area contributed by atoms with E-state index in [0.29, 0.717) is 5.56 Å². The molecule has 3 rings (SSSR count). The number of aryl methyl sites for hydroxylation is 1. The Kier molecular flexibility index (Phi) is 5.13. The van der Waals surface area contributed by atoms with E-state index in [1.165, 1.54) is 33.4 Å². The highest BCUT2D eigenvalue weighted by Gasteiger charge is 2.37. The van der Waals surface area contributed by atoms with Crippen LogP contribution in [0.3, 0.4) is 0 Å². The molecule has 1 aliphatic heterocycles. The van der Waals surface area contributed by atoms with E-state index < -0.39 is 30.9 Å². The van der Waals surface area contributed by atoms with Gasteiger partial charge in [0.2, 0.25) is 25.0 Å². The normalized spacial score (nSPS) is 17.5. The maximum absolute atomic E-state index is 13.2. The van der Waals surface area contributed by atoms with Crippen molar-refractivity contribution in [1.82, 2.24) is 19.1 Å². The van der Waals surface area contributed by atoms with Gasteiger partial charge in [0.1, 0.15) is 12.1 Å². The standard InChI is InChI=1S/C15H19FN4O4S2/c1-19-11-17-18-15(19)26(23,24)14-5-7-20(8-6-14)25(21,22)10-12-3-2-4-13(16)9-12/h2-4,9,11,14H,5-8,10H2,1H3. The predicted octanol–water partition coefficient (Wildman–Crippen LogP) is 0.722. The van der Waals surface area contributed by atoms with Crippen LogP contribution in [0.5, 0.6) is 0 Å². The lowest BCUT2D eigenvalue weighted by Gasteiger charge is -2.30. The van der Waals surface area contributed by atoms with Crippen LogP contribution < -0.4 is 0 Å². The molecule has 1 aromatic carbocycles. The van der Waals surface area contributed by atoms with Gasteiger partial charge in [-0.15, -0.1) is 10.2 Å². The third-order valence-corrected chi connectivity index (χ3v) is 8.47. The molecule has 1 aliphatic rings. The van der Waals surface area contributed by atoms with Crippen LogP contribution in [0.1, 0.15) is 18.4 Å². The second-order valence-corrected chi connectivity index (χ2v) is 10.3. The van der Waals surface area contributed by atoms with Gasteiger partial charge in [0.05, 0.1) is 11.0 Å². The number of piperidine rings is 1. The fourth-order valence-electron chi connectivity index (χ4n) is 3.03. The second kappa shape index (κ2) is 7.05. The van der Waals surface area contributed by atoms with Crippen molar-refractivity contribution in [3.05, 3.63) is 42.0 Å². The topological polar surface area (TPSA) is 102 Å². The van der Waals surface area contributed by atoms with E-state index in [2.05, 4.69) is 10.2 Å². The number of sulfonamides is 1. The number of sulfone groups is 1. The van der Waals surface area contributed by atoms with E-state index in [1.807, 2.05) is 0 Å². The molecule has 8 nitrogen and oxygen atoms in total. The molecular formula is C15H19FN4O4S2. The Hall–Kier alpha value is -1.85. The second-order valence-electron chi connectivity index (χ2n) is 6.25. The largest absolute Gasteiger partial charge is 0.308 e. The number of nitrogens with zero attached hydrogens (tertiary/aromatic N) is 4. The van der Waals surface area contributed by atoms with Gasteiger partial charge in [-0.2, -0.15) is 0 Å². The number of hydrogen-bond donors (Lipinski definition) is 0. The van der Waals surface area contributed by atoms with Crippen molar-refractivity contribution < 1.29 is 21.2 Å². The molecule has 0 atom stereocenters. The van der Waals surface area contributed by atoms with Crippen molar-refractivity contribution in [2.75, 3.05) is 13.1 Å². The maximum Gasteiger partial charge on any atom is 0.249 e. The summed E-state index contributed by atoms with van der Waals surface area (Å²) in [5.41, 5.74) is 0.360. The molecule has 0 bridgehead atoms. The molecule has 0 radical (unpaired) electrons. The van der Waals surface area contributed by atoms with Gasteiger partial charge in [-0.1, -0.05) is 12.1 Å². The van der Waals surface area contributed by atoms with E-state index in [0.717, 1.165) is 0 Å². The van der Waals surface area contributed by atoms with Gasteiger partial charge in [0.25, 0.3) is 0 Å². The Morgan fingerprint density at radius 3 is 2.46 bits per heavy atom. The number of halogens is 1. The van der Waals surface area contributed by atoms with Crippen LogP contribution in [0.15, 0.2) is 35.7 Å². The Labute approximate surface area is 151 Å². The van der Waals surface area contributed by atoms with E-state index in [1.54, 1.807) is 13.1 Å². The van der Waals surface area contributed by atoms with Gasteiger partial charge < -0.3 is 4.57 Å². The summed E-state index contributed by atoms with van der Waals surface area (Å²) in [4.78, 5) is 0. The van der Waals surface area contributed by atoms with Crippen molar-refractivity contribution in [1.29, 1.82) is 0 Å². The zero-order valence-corrected chi connectivity index (χ0v) is 15.7. The predicted molar refractivity (Wildman–Crippen MR) is 91.8 cm³/mol. The van der Waals surface area contributed by atoms with Crippen LogP contribution in [0.2, 0.25) is 0 Å². The summed E-state index contributed by atoms with van der Waals surface area (Å²) in [6.07, 6.45) is 1.67. The van der Waals surface area contributed by atoms with E-state index in [-0.39, 0.29) is 36.8 Å². The Bertz CT molecular complexity index is 996. The molecule has 1 fully saturated rings. The number of benzene rings is 1. The zero-order chi connectivity index (χ0) is 18.9. The van der Waals surface area contributed by atoms with Crippen LogP contribution in [0, 0.1) is 5.82 Å². The third-order valence-electron chi connectivity index (χ3n) is 4.40. The molecule has 2 aromatic rings. The van der Waals surface area contributed by atoms with Gasteiger partial charge in [0.15, 0.2) is 0 Å². The summed E-state index contributed by atoms with van der Waals surface area (Å²) in [5, 5.41) is 6.42. The molecule has 0 saturated carbocycles. The smallest absolute Gasteiger partial charge is 0.249 e. The molecule has 1 saturated heterocycles. The minimum absolute atomic E-state index is 0.0966. The Morgan fingerprint density at radius 2 is 1.88 bits per heavy atom. The molecule has 0 unspecified atom stereocenters. The lowest BCUT2D eigenvalue weighted by Crippen LogP contribution is -2.43. The minimum atomic E-state index is -3.66. The first kappa shape index (κ1) is 18.9. The first-order chi connectivity index (χ1) is 12.2. The molecule has 1 aromatic heterocycles. The average Bonchev–Trinajstić information content (AvgIpc) is 3.01. The first-order valence-electron chi connectivity index (χ1n) is 8.00. The van der Waals surface area contributed by atoms with Gasteiger partial charge >= 0.3 is 0 Å². The summed E-state index contributed by atoms with van der Waals surface area (Å²) in [6, 6.07) is 5.44. The minimum Gasteiger partial charge on any atom is -0.308 e. The summed E-state index contributed by atoms with van der Waals surface area (Å²) in [5.74, 6) is -0.808. The fourth-order valence-corrected chi connectivity index (χ4v) is 6.32. The van der Waals surface area contributed by atoms with Crippen molar-refractivity contribution >= 4 is 19.9 Å². The Balaban J connectivity index is 1.69. The lowest BCUT2D eigenvalue weighted by atomic mass is 10.2. The van der Waals surface area contributed by atoms with Crippen LogP contribution in [0.25, 0.3) is 0 Å². The highest BCUT2D eigenvalue weighted by molar-refractivity contribution is 7.92. The summed E-state index contributed by atoms with van der Waals surface area (Å²) < 4.78 is 66.2. The molecule has 142 valence electrons. The number of aromatic nitrogens is 3. The zero-order valence-electron chi connectivity index (χ0n) is 14.1. The average molecular weight is 402 g/mol. The highest BCUT2D eigenvalue weighted by Crippen LogP contribution is 2.25. The van der Waals surface area contributed by atoms with Gasteiger partial charge in [-0.3, -0.25) is 0 Å². The highest BCUT2D eigenvalue weighted by atomic mass is 32.2. The lowest BCUT2D eigenvalue weighted by molar-refractivity contribution is 0.344. The first-order valence-corrected chi connectivity index (χ1v) is 11.2. The SMILES string of the molecule is Cn1cnnc1S(=O)(=O)C1CCN(S(=O)(=O)Cc2cccc(F)c2)CC1. The van der Waals surface area contributed by atoms with Crippen molar-refractivity contribution in [3.8, 4) is 0 Å². The van der Waals surface area contributed by atoms with E-state index >= 15 is 0 Å². The molecule has 26 heavy (non-hydrogen) atoms. The molecule has 0 amide bonds. The molecular weight excluding hydrogens is 383 g/mol. The molecule has 0 spiro atoms. The third kappa shape index (κ3) is 3.79. The summed E-state index contributed by atoms with van der Waals surface area (Å²) in [6.45, 7) is 0.193. The molecule has 11 heteroatoms. The van der Waals surface area contributed by atoms with Gasteiger partial charge in [0, 0.05) is 20.1 Å². The van der Waals surface area contributed by atoms with E-state index in [9.17, 15) is 21.2 Å². The molecule has 0 aliphatic carbocycles. The molecule has 0 N–H and O–H groups in total. The fraction of sp³-hybridized carbons (Fsp3) is 0.467. The van der Waals surface area contributed by atoms with E-state index in [4.69, 9.17) is 0 Å². The van der Waals surface area contributed by atoms with Crippen LogP contribution in [-0.4, -0.2) is 54.2 Å². The summed E-state index contributed by atoms with van der Waals surface area (Å²) >= 11 is 0. The van der Waals surface area contributed by atoms with Crippen molar-refractivity contribution in [2.45, 2.75) is 29.0 Å². The van der Waals surface area contributed by atoms with Gasteiger partial charge in [-0.25, -0.2) is 25.5 Å². The van der Waals surface area contributed by atoms with Gasteiger partial charge in [-0.05, 0) is 30.5 Å². The monoisotopic (exact) mass is 402 g/mol. The summed E-state index contributed by atoms with van der Waals surface area (Å²) in [7, 11) is -5.76. The van der Waals surface area contributed by atoms with Crippen LogP contribution in [0.4, 0.5) is 4.39 Å².